The number of aromatic amines is 1. The summed E-state index contributed by atoms with van der Waals surface area (Å²) in [6.45, 7) is 2.59. The Balaban J connectivity index is 1.46. The number of hydrogen-bond donors (Lipinski definition) is 1. The van der Waals surface area contributed by atoms with Gasteiger partial charge in [0.2, 0.25) is 0 Å². The van der Waals surface area contributed by atoms with Gasteiger partial charge in [-0.15, -0.1) is 11.3 Å². The summed E-state index contributed by atoms with van der Waals surface area (Å²) in [6, 6.07) is 6.75. The number of rotatable bonds is 3. The van der Waals surface area contributed by atoms with E-state index in [1.807, 2.05) is 19.3 Å². The minimum absolute atomic E-state index is 0.480. The number of nitrogens with zero attached hydrogens (tertiary/aromatic N) is 5. The van der Waals surface area contributed by atoms with Crippen molar-refractivity contribution in [3.05, 3.63) is 41.3 Å². The predicted octanol–water partition coefficient (Wildman–Crippen LogP) is 4.04. The number of aryl methyl sites for hydroxylation is 1. The van der Waals surface area contributed by atoms with E-state index in [-0.39, 0.29) is 0 Å². The minimum Gasteiger partial charge on any atom is -0.492 e. The van der Waals surface area contributed by atoms with Gasteiger partial charge in [-0.25, -0.2) is 14.6 Å². The maximum absolute atomic E-state index is 6.05. The van der Waals surface area contributed by atoms with Crippen LogP contribution in [0.15, 0.2) is 30.6 Å². The van der Waals surface area contributed by atoms with Crippen LogP contribution in [0.5, 0.6) is 5.75 Å². The lowest BCUT2D eigenvalue weighted by atomic mass is 10.0. The molecule has 0 amide bonds. The van der Waals surface area contributed by atoms with Crippen LogP contribution in [-0.4, -0.2) is 36.6 Å². The molecule has 0 radical (unpaired) electrons. The maximum atomic E-state index is 6.05. The van der Waals surface area contributed by atoms with E-state index in [0.29, 0.717) is 12.6 Å². The van der Waals surface area contributed by atoms with Gasteiger partial charge in [0.15, 0.2) is 10.8 Å². The van der Waals surface area contributed by atoms with Crippen LogP contribution in [0.2, 0.25) is 0 Å². The molecule has 4 heterocycles. The standard InChI is InChI=1S/C20H18N6OS/c1-11-23-19(26(25-11)14-3-4-14)20-24-18-15-5-2-12(13-9-21-22-10-13)8-16(15)27-7-6-17(18)28-20/h2,5,8-10,14H,3-4,6-7H2,1H3,(H,21,22). The molecule has 8 heteroatoms. The molecule has 1 aliphatic carbocycles. The summed E-state index contributed by atoms with van der Waals surface area (Å²) in [5.41, 5.74) is 4.17. The van der Waals surface area contributed by atoms with Crippen molar-refractivity contribution < 1.29 is 4.74 Å². The van der Waals surface area contributed by atoms with Crippen molar-refractivity contribution in [2.45, 2.75) is 32.2 Å². The second-order valence-corrected chi connectivity index (χ2v) is 8.33. The lowest BCUT2D eigenvalue weighted by Gasteiger charge is -2.09. The Kier molecular flexibility index (Phi) is 3.43. The molecular formula is C20H18N6OS. The van der Waals surface area contributed by atoms with Crippen LogP contribution < -0.4 is 4.74 Å². The van der Waals surface area contributed by atoms with Gasteiger partial charge in [-0.3, -0.25) is 5.10 Å². The largest absolute Gasteiger partial charge is 0.492 e. The van der Waals surface area contributed by atoms with Crippen LogP contribution in [-0.2, 0) is 6.42 Å². The molecule has 1 N–H and O–H groups in total. The van der Waals surface area contributed by atoms with Crippen molar-refractivity contribution in [3.63, 3.8) is 0 Å². The summed E-state index contributed by atoms with van der Waals surface area (Å²) >= 11 is 1.71. The highest BCUT2D eigenvalue weighted by atomic mass is 32.1. The Bertz CT molecular complexity index is 1170. The van der Waals surface area contributed by atoms with Gasteiger partial charge in [-0.1, -0.05) is 6.07 Å². The van der Waals surface area contributed by atoms with Crippen molar-refractivity contribution in [1.29, 1.82) is 0 Å². The van der Waals surface area contributed by atoms with Crippen molar-refractivity contribution in [3.8, 4) is 39.0 Å². The number of hydrogen-bond acceptors (Lipinski definition) is 6. The summed E-state index contributed by atoms with van der Waals surface area (Å²) in [5.74, 6) is 2.57. The molecule has 0 saturated heterocycles. The zero-order chi connectivity index (χ0) is 18.7. The zero-order valence-corrected chi connectivity index (χ0v) is 16.2. The van der Waals surface area contributed by atoms with Gasteiger partial charge in [-0.05, 0) is 37.5 Å². The summed E-state index contributed by atoms with van der Waals surface area (Å²) in [4.78, 5) is 10.9. The molecule has 1 aliphatic heterocycles. The third-order valence-electron chi connectivity index (χ3n) is 5.17. The second kappa shape index (κ2) is 6.00. The predicted molar refractivity (Wildman–Crippen MR) is 106 cm³/mol. The van der Waals surface area contributed by atoms with E-state index in [2.05, 4.69) is 43.2 Å². The Hall–Kier alpha value is -3.00. The molecule has 6 rings (SSSR count). The van der Waals surface area contributed by atoms with Crippen LogP contribution in [0.3, 0.4) is 0 Å². The summed E-state index contributed by atoms with van der Waals surface area (Å²) in [6.07, 6.45) is 6.90. The first-order valence-electron chi connectivity index (χ1n) is 9.46. The Morgan fingerprint density at radius 1 is 1.21 bits per heavy atom. The van der Waals surface area contributed by atoms with E-state index in [0.717, 1.165) is 51.2 Å². The smallest absolute Gasteiger partial charge is 0.187 e. The minimum atomic E-state index is 0.480. The second-order valence-electron chi connectivity index (χ2n) is 7.25. The van der Waals surface area contributed by atoms with Gasteiger partial charge in [0.25, 0.3) is 0 Å². The molecule has 0 bridgehead atoms. The lowest BCUT2D eigenvalue weighted by Crippen LogP contribution is -1.99. The van der Waals surface area contributed by atoms with Crippen LogP contribution in [0, 0.1) is 6.92 Å². The van der Waals surface area contributed by atoms with Gasteiger partial charge in [0.1, 0.15) is 11.6 Å². The maximum Gasteiger partial charge on any atom is 0.187 e. The highest BCUT2D eigenvalue weighted by Gasteiger charge is 2.30. The normalized spacial score (nSPS) is 15.6. The van der Waals surface area contributed by atoms with Crippen LogP contribution in [0.25, 0.3) is 33.2 Å². The lowest BCUT2D eigenvalue weighted by molar-refractivity contribution is 0.327. The first kappa shape index (κ1) is 16.0. The molecule has 2 aliphatic rings. The Labute approximate surface area is 165 Å². The van der Waals surface area contributed by atoms with Crippen molar-refractivity contribution >= 4 is 11.3 Å². The molecular weight excluding hydrogens is 372 g/mol. The zero-order valence-electron chi connectivity index (χ0n) is 15.3. The first-order valence-corrected chi connectivity index (χ1v) is 10.3. The third-order valence-corrected chi connectivity index (χ3v) is 6.28. The quantitative estimate of drug-likeness (QED) is 0.571. The molecule has 1 aromatic carbocycles. The van der Waals surface area contributed by atoms with Crippen molar-refractivity contribution in [2.75, 3.05) is 6.61 Å². The number of benzene rings is 1. The highest BCUT2D eigenvalue weighted by molar-refractivity contribution is 7.15. The fraction of sp³-hybridized carbons (Fsp3) is 0.300. The number of fused-ring (bicyclic) bond motifs is 3. The van der Waals surface area contributed by atoms with Gasteiger partial charge >= 0.3 is 0 Å². The summed E-state index contributed by atoms with van der Waals surface area (Å²) in [5, 5.41) is 12.4. The van der Waals surface area contributed by atoms with E-state index in [1.54, 1.807) is 11.3 Å². The molecule has 3 aromatic heterocycles. The van der Waals surface area contributed by atoms with Crippen LogP contribution >= 0.6 is 11.3 Å². The molecule has 7 nitrogen and oxygen atoms in total. The van der Waals surface area contributed by atoms with Gasteiger partial charge in [0.05, 0.1) is 24.5 Å². The molecule has 140 valence electrons. The van der Waals surface area contributed by atoms with Gasteiger partial charge in [-0.2, -0.15) is 10.2 Å². The number of ether oxygens (including phenoxy) is 1. The molecule has 4 aromatic rings. The molecule has 0 spiro atoms. The van der Waals surface area contributed by atoms with Gasteiger partial charge < -0.3 is 4.74 Å². The molecule has 0 unspecified atom stereocenters. The molecule has 1 saturated carbocycles. The monoisotopic (exact) mass is 390 g/mol. The molecule has 1 fully saturated rings. The highest BCUT2D eigenvalue weighted by Crippen LogP contribution is 2.43. The van der Waals surface area contributed by atoms with E-state index in [1.165, 1.54) is 17.7 Å². The topological polar surface area (TPSA) is 81.5 Å². The summed E-state index contributed by atoms with van der Waals surface area (Å²) < 4.78 is 8.11. The van der Waals surface area contributed by atoms with E-state index < -0.39 is 0 Å². The van der Waals surface area contributed by atoms with E-state index >= 15 is 0 Å². The molecule has 0 atom stereocenters. The fourth-order valence-corrected chi connectivity index (χ4v) is 4.69. The molecule has 28 heavy (non-hydrogen) atoms. The number of H-pyrrole nitrogens is 1. The first-order chi connectivity index (χ1) is 13.8. The van der Waals surface area contributed by atoms with Crippen molar-refractivity contribution in [1.82, 2.24) is 29.9 Å². The van der Waals surface area contributed by atoms with E-state index in [4.69, 9.17) is 9.72 Å². The summed E-state index contributed by atoms with van der Waals surface area (Å²) in [7, 11) is 0. The fourth-order valence-electron chi connectivity index (χ4n) is 3.66. The average Bonchev–Trinajstić information content (AvgIpc) is 3.11. The number of nitrogens with one attached hydrogen (secondary N) is 1. The van der Waals surface area contributed by atoms with Gasteiger partial charge in [0, 0.05) is 28.6 Å². The van der Waals surface area contributed by atoms with E-state index in [9.17, 15) is 0 Å². The van der Waals surface area contributed by atoms with Crippen LogP contribution in [0.1, 0.15) is 29.6 Å². The van der Waals surface area contributed by atoms with Crippen molar-refractivity contribution in [2.24, 2.45) is 0 Å². The Morgan fingerprint density at radius 2 is 2.14 bits per heavy atom. The number of thiazole rings is 1. The third kappa shape index (κ3) is 2.56. The average molecular weight is 390 g/mol. The number of aromatic nitrogens is 6. The Morgan fingerprint density at radius 3 is 2.96 bits per heavy atom. The van der Waals surface area contributed by atoms with Crippen LogP contribution in [0.4, 0.5) is 0 Å². The SMILES string of the molecule is Cc1nc(-c2nc3c(s2)CCOc2cc(-c4cn[nH]c4)ccc2-3)n(C2CC2)n1.